The van der Waals surface area contributed by atoms with E-state index in [4.69, 9.17) is 4.74 Å². The molecule has 0 spiro atoms. The second-order valence-electron chi connectivity index (χ2n) is 16.1. The monoisotopic (exact) mass is 784 g/mol. The number of benzene rings is 1. The molecule has 1 aliphatic heterocycles. The summed E-state index contributed by atoms with van der Waals surface area (Å²) in [6.45, 7) is 3.12. The number of fused-ring (bicyclic) bond motifs is 3. The van der Waals surface area contributed by atoms with Crippen LogP contribution in [0.15, 0.2) is 48.9 Å². The predicted molar refractivity (Wildman–Crippen MR) is 193 cm³/mol. The van der Waals surface area contributed by atoms with Crippen molar-refractivity contribution in [2.75, 3.05) is 18.0 Å². The van der Waals surface area contributed by atoms with Crippen LogP contribution >= 0.6 is 0 Å². The molecule has 4 unspecified atom stereocenters. The molecule has 1 amide bonds. The highest BCUT2D eigenvalue weighted by atomic mass is 19.4. The van der Waals surface area contributed by atoms with Gasteiger partial charge in [0.2, 0.25) is 11.9 Å². The number of pyridine rings is 1. The number of nitrogens with one attached hydrogen (secondary N) is 1. The van der Waals surface area contributed by atoms with Gasteiger partial charge in [0.1, 0.15) is 11.6 Å². The summed E-state index contributed by atoms with van der Waals surface area (Å²) in [5.41, 5.74) is -3.79. The van der Waals surface area contributed by atoms with E-state index in [0.717, 1.165) is 18.6 Å². The molecule has 1 aromatic carbocycles. The number of carbonyl (C=O) groups excluding carboxylic acids is 1. The third-order valence-electron chi connectivity index (χ3n) is 12.3. The number of alkyl halides is 5. The minimum Gasteiger partial charge on any atom is -0.487 e. The lowest BCUT2D eigenvalue weighted by molar-refractivity contribution is -0.146. The largest absolute Gasteiger partial charge is 0.487 e. The number of hydrogen-bond acceptors (Lipinski definition) is 7. The molecule has 3 aliphatic carbocycles. The Balaban J connectivity index is 1.13. The summed E-state index contributed by atoms with van der Waals surface area (Å²) in [5.74, 6) is -5.76. The molecule has 56 heavy (non-hydrogen) atoms. The first-order valence-electron chi connectivity index (χ1n) is 19.2. The van der Waals surface area contributed by atoms with Crippen molar-refractivity contribution in [1.29, 1.82) is 0 Å². The van der Waals surface area contributed by atoms with Gasteiger partial charge in [0.15, 0.2) is 17.3 Å². The first kappa shape index (κ1) is 38.0. The zero-order valence-corrected chi connectivity index (χ0v) is 30.7. The van der Waals surface area contributed by atoms with E-state index in [1.54, 1.807) is 23.0 Å². The van der Waals surface area contributed by atoms with Gasteiger partial charge in [0, 0.05) is 80.4 Å². The van der Waals surface area contributed by atoms with E-state index in [-0.39, 0.29) is 72.4 Å². The number of aliphatic carboxylic acids is 1. The maximum Gasteiger partial charge on any atom is 0.434 e. The summed E-state index contributed by atoms with van der Waals surface area (Å²) in [6.07, 6.45) is 1.77. The highest BCUT2D eigenvalue weighted by Gasteiger charge is 2.56. The van der Waals surface area contributed by atoms with Crippen molar-refractivity contribution >= 4 is 28.7 Å². The summed E-state index contributed by atoms with van der Waals surface area (Å²) < 4.78 is 96.6. The normalized spacial score (nSPS) is 25.7. The van der Waals surface area contributed by atoms with Gasteiger partial charge in [0.25, 0.3) is 5.91 Å². The van der Waals surface area contributed by atoms with Gasteiger partial charge < -0.3 is 24.6 Å². The number of ether oxygens (including phenoxy) is 1. The summed E-state index contributed by atoms with van der Waals surface area (Å²) >= 11 is 0. The molecule has 2 N–H and O–H groups in total. The van der Waals surface area contributed by atoms with Crippen molar-refractivity contribution < 1.29 is 45.8 Å². The molecule has 4 aromatic rings. The van der Waals surface area contributed by atoms with Crippen LogP contribution in [0.2, 0.25) is 0 Å². The number of aromatic nitrogens is 4. The van der Waals surface area contributed by atoms with Crippen LogP contribution in [0, 0.1) is 23.6 Å². The molecule has 0 radical (unpaired) electrons. The summed E-state index contributed by atoms with van der Waals surface area (Å²) in [4.78, 5) is 40.8. The number of piperidine rings is 1. The number of amides is 1. The maximum absolute atomic E-state index is 16.0. The van der Waals surface area contributed by atoms with Gasteiger partial charge in [-0.3, -0.25) is 4.79 Å². The number of anilines is 1. The van der Waals surface area contributed by atoms with E-state index in [1.165, 1.54) is 18.3 Å². The molecule has 2 bridgehead atoms. The van der Waals surface area contributed by atoms with Gasteiger partial charge in [-0.15, -0.1) is 0 Å². The molecule has 4 atom stereocenters. The number of hydrogen-bond donors (Lipinski definition) is 2. The quantitative estimate of drug-likeness (QED) is 0.171. The van der Waals surface area contributed by atoms with Crippen LogP contribution in [0.25, 0.3) is 22.2 Å². The van der Waals surface area contributed by atoms with Crippen LogP contribution in [0.4, 0.5) is 32.3 Å². The Kier molecular flexibility index (Phi) is 9.67. The summed E-state index contributed by atoms with van der Waals surface area (Å²) in [5, 5.41) is 13.0. The predicted octanol–water partition coefficient (Wildman–Crippen LogP) is 8.46. The lowest BCUT2D eigenvalue weighted by Gasteiger charge is -2.33. The average Bonchev–Trinajstić information content (AvgIpc) is 3.65. The third-order valence-corrected chi connectivity index (χ3v) is 12.3. The zero-order chi connectivity index (χ0) is 39.6. The van der Waals surface area contributed by atoms with Crippen molar-refractivity contribution in [2.45, 2.75) is 101 Å². The van der Waals surface area contributed by atoms with Gasteiger partial charge in [-0.1, -0.05) is 6.92 Å². The van der Waals surface area contributed by atoms with E-state index in [9.17, 15) is 36.6 Å². The van der Waals surface area contributed by atoms with Crippen molar-refractivity contribution in [2.24, 2.45) is 17.8 Å². The average molecular weight is 785 g/mol. The van der Waals surface area contributed by atoms with Crippen LogP contribution in [0.5, 0.6) is 5.75 Å². The van der Waals surface area contributed by atoms with Crippen LogP contribution < -0.4 is 15.0 Å². The Morgan fingerprint density at radius 1 is 1.00 bits per heavy atom. The van der Waals surface area contributed by atoms with Gasteiger partial charge in [-0.25, -0.2) is 32.9 Å². The molecular formula is C40H42F6N6O4. The van der Waals surface area contributed by atoms with E-state index < -0.39 is 58.5 Å². The van der Waals surface area contributed by atoms with Gasteiger partial charge in [-0.2, -0.15) is 13.2 Å². The fraction of sp³-hybridized carbons (Fsp3) is 0.525. The number of carbonyl (C=O) groups is 2. The first-order chi connectivity index (χ1) is 26.6. The Labute approximate surface area is 318 Å². The Morgan fingerprint density at radius 2 is 1.71 bits per heavy atom. The molecule has 3 saturated carbocycles. The molecule has 3 aromatic heterocycles. The lowest BCUT2D eigenvalue weighted by atomic mass is 9.78. The van der Waals surface area contributed by atoms with Crippen LogP contribution in [0.3, 0.4) is 0 Å². The number of nitrogens with zero attached hydrogens (tertiary/aromatic N) is 5. The zero-order valence-electron chi connectivity index (χ0n) is 30.7. The molecule has 16 heteroatoms. The van der Waals surface area contributed by atoms with E-state index in [0.29, 0.717) is 50.2 Å². The van der Waals surface area contributed by atoms with E-state index >= 15 is 4.39 Å². The Hall–Kier alpha value is -4.89. The van der Waals surface area contributed by atoms with Crippen LogP contribution in [-0.2, 0) is 11.0 Å². The Morgan fingerprint density at radius 3 is 2.39 bits per heavy atom. The molecular weight excluding hydrogens is 742 g/mol. The second kappa shape index (κ2) is 14.2. The highest BCUT2D eigenvalue weighted by molar-refractivity contribution is 6.00. The molecule has 10 nitrogen and oxygen atoms in total. The van der Waals surface area contributed by atoms with Crippen molar-refractivity contribution in [3.05, 3.63) is 66.0 Å². The van der Waals surface area contributed by atoms with Gasteiger partial charge in [0.05, 0.1) is 16.8 Å². The molecule has 4 heterocycles. The van der Waals surface area contributed by atoms with Crippen molar-refractivity contribution in [3.8, 4) is 17.0 Å². The maximum atomic E-state index is 16.0. The first-order valence-corrected chi connectivity index (χ1v) is 19.2. The molecule has 4 fully saturated rings. The van der Waals surface area contributed by atoms with Crippen LogP contribution in [-0.4, -0.2) is 67.2 Å². The fourth-order valence-corrected chi connectivity index (χ4v) is 9.64. The number of carboxylic acids is 1. The molecule has 298 valence electrons. The smallest absolute Gasteiger partial charge is 0.434 e. The fourth-order valence-electron chi connectivity index (χ4n) is 9.64. The van der Waals surface area contributed by atoms with E-state index in [2.05, 4.69) is 20.3 Å². The highest BCUT2D eigenvalue weighted by Crippen LogP contribution is 2.51. The Bertz CT molecular complexity index is 2130. The SMILES string of the molecule is CC1CC2CC(C1)C(NC(=O)c1ccc(-c3cn(C4CCC(F)(F)CC4)c4cc(OC5CCN(c6ncccn6)CC5)c(F)cc34)nc1C(F)(F)F)(C(=O)O)C2. The molecule has 4 aliphatic rings. The van der Waals surface area contributed by atoms with Crippen molar-refractivity contribution in [1.82, 2.24) is 24.8 Å². The van der Waals surface area contributed by atoms with Crippen LogP contribution in [0.1, 0.15) is 93.2 Å². The van der Waals surface area contributed by atoms with E-state index in [1.807, 2.05) is 11.8 Å². The standard InChI is InChI=1S/C40H42F6N6O4/c1-22-15-23-17-24(16-22)39(20-23,36(54)55)50-35(53)27-3-4-31(49-34(27)40(44,45)46)29-21-52(25-5-9-38(42,43)10-6-25)32-19-33(30(41)18-28(29)32)56-26-7-13-51(14-8-26)37-47-11-2-12-48-37/h2-4,11-12,18-19,21-26H,5-10,13-17,20H2,1H3,(H,50,53)(H,54,55). The topological polar surface area (TPSA) is 122 Å². The lowest BCUT2D eigenvalue weighted by Crippen LogP contribution is -2.57. The summed E-state index contributed by atoms with van der Waals surface area (Å²) in [7, 11) is 0. The third kappa shape index (κ3) is 7.15. The van der Waals surface area contributed by atoms with Gasteiger partial charge >= 0.3 is 12.1 Å². The molecule has 8 rings (SSSR count). The minimum atomic E-state index is -5.12. The second-order valence-corrected chi connectivity index (χ2v) is 16.1. The van der Waals surface area contributed by atoms with Crippen molar-refractivity contribution in [3.63, 3.8) is 0 Å². The summed E-state index contributed by atoms with van der Waals surface area (Å²) in [6, 6.07) is 6.05. The van der Waals surface area contributed by atoms with Gasteiger partial charge in [-0.05, 0) is 80.5 Å². The number of rotatable bonds is 8. The molecule has 1 saturated heterocycles. The minimum absolute atomic E-state index is 0.0320. The number of carboxylic acid groups (broad SMARTS) is 1. The number of halogens is 6.